The van der Waals surface area contributed by atoms with E-state index in [1.807, 2.05) is 0 Å². The summed E-state index contributed by atoms with van der Waals surface area (Å²) in [7, 11) is 0. The highest BCUT2D eigenvalue weighted by Gasteiger charge is 2.03. The van der Waals surface area contributed by atoms with Crippen LogP contribution in [0.5, 0.6) is 0 Å². The third kappa shape index (κ3) is 7.36. The Labute approximate surface area is 150 Å². The fourth-order valence-electron chi connectivity index (χ4n) is 2.08. The number of hydrogen-bond donors (Lipinski definition) is 4. The van der Waals surface area contributed by atoms with Crippen molar-refractivity contribution in [2.45, 2.75) is 25.7 Å². The molecule has 142 valence electrons. The predicted molar refractivity (Wildman–Crippen MR) is 95.6 cm³/mol. The van der Waals surface area contributed by atoms with Crippen molar-refractivity contribution < 1.29 is 9.47 Å². The Kier molecular flexibility index (Phi) is 7.64. The van der Waals surface area contributed by atoms with E-state index in [1.165, 1.54) is 0 Å². The number of nitrogen functional groups attached to an aromatic ring is 4. The summed E-state index contributed by atoms with van der Waals surface area (Å²) in [5.41, 5.74) is 22.0. The number of nitrogens with zero attached hydrogens (tertiary/aromatic N) is 6. The fourth-order valence-corrected chi connectivity index (χ4v) is 2.08. The van der Waals surface area contributed by atoms with E-state index in [-0.39, 0.29) is 23.8 Å². The maximum atomic E-state index is 5.53. The van der Waals surface area contributed by atoms with E-state index in [4.69, 9.17) is 32.4 Å². The van der Waals surface area contributed by atoms with E-state index >= 15 is 0 Å². The van der Waals surface area contributed by atoms with Gasteiger partial charge in [0.1, 0.15) is 11.6 Å². The number of unbranched alkanes of at least 4 members (excludes halogenated alkanes) is 1. The van der Waals surface area contributed by atoms with Crippen molar-refractivity contribution in [2.75, 3.05) is 49.4 Å². The predicted octanol–water partition coefficient (Wildman–Crippen LogP) is -1.02. The maximum absolute atomic E-state index is 5.53. The molecule has 2 heterocycles. The van der Waals surface area contributed by atoms with Crippen LogP contribution in [0.15, 0.2) is 0 Å². The molecule has 8 N–H and O–H groups in total. The SMILES string of the molecule is Nc1nc(N)nc(CCOCCCCOCCc2nc(N)nc(N)n2)n1. The average Bonchev–Trinajstić information content (AvgIpc) is 2.55. The number of aromatic nitrogens is 6. The lowest BCUT2D eigenvalue weighted by Crippen LogP contribution is -2.10. The minimum atomic E-state index is 0.118. The first kappa shape index (κ1) is 19.5. The van der Waals surface area contributed by atoms with E-state index in [0.29, 0.717) is 50.9 Å². The number of anilines is 4. The summed E-state index contributed by atoms with van der Waals surface area (Å²) in [5, 5.41) is 0. The molecule has 2 aromatic heterocycles. The van der Waals surface area contributed by atoms with Crippen LogP contribution in [0.4, 0.5) is 23.8 Å². The van der Waals surface area contributed by atoms with Crippen molar-refractivity contribution in [2.24, 2.45) is 0 Å². The molecule has 12 nitrogen and oxygen atoms in total. The minimum absolute atomic E-state index is 0.118. The second-order valence-electron chi connectivity index (χ2n) is 5.37. The lowest BCUT2D eigenvalue weighted by molar-refractivity contribution is 0.104. The molecule has 0 saturated heterocycles. The lowest BCUT2D eigenvalue weighted by Gasteiger charge is -2.06. The summed E-state index contributed by atoms with van der Waals surface area (Å²) < 4.78 is 11.1. The molecule has 0 atom stereocenters. The Morgan fingerprint density at radius 1 is 0.500 bits per heavy atom. The third-order valence-corrected chi connectivity index (χ3v) is 3.20. The van der Waals surface area contributed by atoms with Gasteiger partial charge in [-0.2, -0.15) is 29.9 Å². The fraction of sp³-hybridized carbons (Fsp3) is 0.571. The first-order chi connectivity index (χ1) is 12.5. The van der Waals surface area contributed by atoms with Crippen molar-refractivity contribution in [3.8, 4) is 0 Å². The largest absolute Gasteiger partial charge is 0.381 e. The van der Waals surface area contributed by atoms with Gasteiger partial charge in [-0.05, 0) is 12.8 Å². The Morgan fingerprint density at radius 3 is 1.19 bits per heavy atom. The molecular formula is C14H24N10O2. The van der Waals surface area contributed by atoms with Gasteiger partial charge < -0.3 is 32.4 Å². The van der Waals surface area contributed by atoms with Crippen LogP contribution in [0.2, 0.25) is 0 Å². The number of rotatable bonds is 11. The Bertz CT molecular complexity index is 599. The van der Waals surface area contributed by atoms with Gasteiger partial charge in [0, 0.05) is 26.1 Å². The number of hydrogen-bond acceptors (Lipinski definition) is 12. The van der Waals surface area contributed by atoms with Crippen molar-refractivity contribution in [3.05, 3.63) is 11.6 Å². The Balaban J connectivity index is 1.47. The lowest BCUT2D eigenvalue weighted by atomic mass is 10.3. The zero-order chi connectivity index (χ0) is 18.8. The molecule has 12 heteroatoms. The summed E-state index contributed by atoms with van der Waals surface area (Å²) in [6.07, 6.45) is 2.83. The zero-order valence-corrected chi connectivity index (χ0v) is 14.5. The molecule has 0 spiro atoms. The Morgan fingerprint density at radius 2 is 0.846 bits per heavy atom. The molecule has 0 radical (unpaired) electrons. The summed E-state index contributed by atoms with van der Waals surface area (Å²) >= 11 is 0. The molecule has 2 aromatic rings. The molecule has 0 aromatic carbocycles. The van der Waals surface area contributed by atoms with Crippen LogP contribution in [0.1, 0.15) is 24.5 Å². The second kappa shape index (κ2) is 10.2. The molecule has 0 aliphatic rings. The van der Waals surface area contributed by atoms with Gasteiger partial charge in [0.05, 0.1) is 13.2 Å². The molecular weight excluding hydrogens is 340 g/mol. The maximum Gasteiger partial charge on any atom is 0.225 e. The van der Waals surface area contributed by atoms with Crippen LogP contribution in [0.3, 0.4) is 0 Å². The minimum Gasteiger partial charge on any atom is -0.381 e. The number of ether oxygens (including phenoxy) is 2. The highest BCUT2D eigenvalue weighted by molar-refractivity contribution is 5.26. The van der Waals surface area contributed by atoms with E-state index < -0.39 is 0 Å². The first-order valence-corrected chi connectivity index (χ1v) is 8.20. The van der Waals surface area contributed by atoms with Crippen LogP contribution in [-0.4, -0.2) is 56.3 Å². The zero-order valence-electron chi connectivity index (χ0n) is 14.5. The van der Waals surface area contributed by atoms with Gasteiger partial charge in [-0.1, -0.05) is 0 Å². The molecule has 2 rings (SSSR count). The molecule has 0 saturated carbocycles. The van der Waals surface area contributed by atoms with Gasteiger partial charge in [-0.3, -0.25) is 0 Å². The Hall–Kier alpha value is -2.86. The normalized spacial score (nSPS) is 10.9. The number of nitrogens with two attached hydrogens (primary N) is 4. The van der Waals surface area contributed by atoms with Crippen molar-refractivity contribution in [1.29, 1.82) is 0 Å². The van der Waals surface area contributed by atoms with Gasteiger partial charge in [-0.25, -0.2) is 0 Å². The van der Waals surface area contributed by atoms with Gasteiger partial charge in [0.15, 0.2) is 0 Å². The molecule has 0 bridgehead atoms. The van der Waals surface area contributed by atoms with Gasteiger partial charge >= 0.3 is 0 Å². The highest BCUT2D eigenvalue weighted by atomic mass is 16.5. The van der Waals surface area contributed by atoms with Crippen LogP contribution in [-0.2, 0) is 22.3 Å². The van der Waals surface area contributed by atoms with E-state index in [9.17, 15) is 0 Å². The molecule has 0 amide bonds. The van der Waals surface area contributed by atoms with Gasteiger partial charge in [-0.15, -0.1) is 0 Å². The molecule has 0 fully saturated rings. The summed E-state index contributed by atoms with van der Waals surface area (Å²) in [6, 6.07) is 0. The van der Waals surface area contributed by atoms with Gasteiger partial charge in [0.25, 0.3) is 0 Å². The average molecular weight is 364 g/mol. The monoisotopic (exact) mass is 364 g/mol. The van der Waals surface area contributed by atoms with Crippen LogP contribution >= 0.6 is 0 Å². The molecule has 0 aliphatic heterocycles. The van der Waals surface area contributed by atoms with Gasteiger partial charge in [0.2, 0.25) is 23.8 Å². The summed E-state index contributed by atoms with van der Waals surface area (Å²) in [4.78, 5) is 23.4. The topological polar surface area (TPSA) is 200 Å². The van der Waals surface area contributed by atoms with Crippen molar-refractivity contribution >= 4 is 23.8 Å². The third-order valence-electron chi connectivity index (χ3n) is 3.20. The quantitative estimate of drug-likeness (QED) is 0.354. The molecule has 26 heavy (non-hydrogen) atoms. The van der Waals surface area contributed by atoms with Crippen molar-refractivity contribution in [1.82, 2.24) is 29.9 Å². The summed E-state index contributed by atoms with van der Waals surface area (Å²) in [5.74, 6) is 1.52. The first-order valence-electron chi connectivity index (χ1n) is 8.20. The van der Waals surface area contributed by atoms with E-state index in [0.717, 1.165) is 12.8 Å². The van der Waals surface area contributed by atoms with E-state index in [2.05, 4.69) is 29.9 Å². The standard InChI is InChI=1S/C14H24N10O2/c15-11-19-9(20-12(16)23-11)3-7-25-5-1-2-6-26-8-4-10-21-13(17)24-14(18)22-10/h1-8H2,(H4,15,16,19,20,23)(H4,17,18,21,22,24). The van der Waals surface area contributed by atoms with Crippen LogP contribution in [0, 0.1) is 0 Å². The smallest absolute Gasteiger partial charge is 0.225 e. The van der Waals surface area contributed by atoms with Crippen LogP contribution in [0.25, 0.3) is 0 Å². The second-order valence-corrected chi connectivity index (χ2v) is 5.37. The van der Waals surface area contributed by atoms with E-state index in [1.54, 1.807) is 0 Å². The highest BCUT2D eigenvalue weighted by Crippen LogP contribution is 2.01. The van der Waals surface area contributed by atoms with Crippen LogP contribution < -0.4 is 22.9 Å². The molecule has 0 aliphatic carbocycles. The summed E-state index contributed by atoms with van der Waals surface area (Å²) in [6.45, 7) is 2.23. The molecule has 0 unspecified atom stereocenters. The van der Waals surface area contributed by atoms with Crippen molar-refractivity contribution in [3.63, 3.8) is 0 Å².